The van der Waals surface area contributed by atoms with Crippen molar-refractivity contribution < 1.29 is 14.3 Å². The Kier molecular flexibility index (Phi) is 5.46. The monoisotopic (exact) mass is 306 g/mol. The van der Waals surface area contributed by atoms with Gasteiger partial charge in [-0.1, -0.05) is 0 Å². The third-order valence-corrected chi connectivity index (χ3v) is 3.71. The minimum Gasteiger partial charge on any atom is -0.497 e. The quantitative estimate of drug-likeness (QED) is 0.824. The molecule has 1 heterocycles. The SMILES string of the molecule is COc1ccc(N2CCN(C(=O)CCNC(N)=O)CC2)cc1. The van der Waals surface area contributed by atoms with E-state index in [1.54, 1.807) is 7.11 Å². The Labute approximate surface area is 130 Å². The van der Waals surface area contributed by atoms with Crippen LogP contribution in [0.5, 0.6) is 5.75 Å². The lowest BCUT2D eigenvalue weighted by molar-refractivity contribution is -0.131. The van der Waals surface area contributed by atoms with Gasteiger partial charge in [0.2, 0.25) is 5.91 Å². The number of primary amides is 1. The summed E-state index contributed by atoms with van der Waals surface area (Å²) < 4.78 is 5.15. The molecule has 0 spiro atoms. The molecule has 3 N–H and O–H groups in total. The van der Waals surface area contributed by atoms with E-state index in [0.717, 1.165) is 24.5 Å². The molecule has 1 aromatic rings. The maximum Gasteiger partial charge on any atom is 0.312 e. The molecule has 3 amide bonds. The predicted molar refractivity (Wildman–Crippen MR) is 84.0 cm³/mol. The normalized spacial score (nSPS) is 14.6. The highest BCUT2D eigenvalue weighted by molar-refractivity contribution is 5.78. The van der Waals surface area contributed by atoms with E-state index in [-0.39, 0.29) is 18.9 Å². The van der Waals surface area contributed by atoms with Crippen LogP contribution in [0.3, 0.4) is 0 Å². The number of ether oxygens (including phenoxy) is 1. The number of hydrogen-bond acceptors (Lipinski definition) is 4. The van der Waals surface area contributed by atoms with Crippen molar-refractivity contribution in [3.63, 3.8) is 0 Å². The summed E-state index contributed by atoms with van der Waals surface area (Å²) in [4.78, 5) is 26.6. The first-order valence-electron chi connectivity index (χ1n) is 7.30. The van der Waals surface area contributed by atoms with E-state index in [1.807, 2.05) is 29.2 Å². The Bertz CT molecular complexity index is 510. The van der Waals surface area contributed by atoms with Gasteiger partial charge in [-0.3, -0.25) is 4.79 Å². The minimum atomic E-state index is -0.600. The van der Waals surface area contributed by atoms with E-state index >= 15 is 0 Å². The second-order valence-electron chi connectivity index (χ2n) is 5.11. The van der Waals surface area contributed by atoms with E-state index in [2.05, 4.69) is 10.2 Å². The number of hydrogen-bond donors (Lipinski definition) is 2. The van der Waals surface area contributed by atoms with Crippen molar-refractivity contribution in [2.75, 3.05) is 44.7 Å². The molecule has 1 aliphatic heterocycles. The van der Waals surface area contributed by atoms with Crippen molar-refractivity contribution in [3.8, 4) is 5.75 Å². The Balaban J connectivity index is 1.79. The second-order valence-corrected chi connectivity index (χ2v) is 5.11. The lowest BCUT2D eigenvalue weighted by Gasteiger charge is -2.36. The van der Waals surface area contributed by atoms with Crippen LogP contribution in [0.2, 0.25) is 0 Å². The molecule has 1 aromatic carbocycles. The molecule has 120 valence electrons. The molecule has 1 aliphatic rings. The lowest BCUT2D eigenvalue weighted by atomic mass is 10.2. The number of rotatable bonds is 5. The number of amides is 3. The fraction of sp³-hybridized carbons (Fsp3) is 0.467. The molecule has 0 radical (unpaired) electrons. The number of methoxy groups -OCH3 is 1. The third-order valence-electron chi connectivity index (χ3n) is 3.71. The third kappa shape index (κ3) is 4.28. The van der Waals surface area contributed by atoms with Crippen LogP contribution in [0.1, 0.15) is 6.42 Å². The summed E-state index contributed by atoms with van der Waals surface area (Å²) in [5.41, 5.74) is 6.10. The van der Waals surface area contributed by atoms with Gasteiger partial charge in [0, 0.05) is 44.8 Å². The van der Waals surface area contributed by atoms with Crippen LogP contribution in [0, 0.1) is 0 Å². The van der Waals surface area contributed by atoms with E-state index in [4.69, 9.17) is 10.5 Å². The van der Waals surface area contributed by atoms with Crippen LogP contribution in [-0.2, 0) is 4.79 Å². The average molecular weight is 306 g/mol. The number of nitrogens with one attached hydrogen (secondary N) is 1. The fourth-order valence-electron chi connectivity index (χ4n) is 2.46. The summed E-state index contributed by atoms with van der Waals surface area (Å²) in [7, 11) is 1.65. The van der Waals surface area contributed by atoms with Crippen molar-refractivity contribution in [2.24, 2.45) is 5.73 Å². The zero-order valence-electron chi connectivity index (χ0n) is 12.7. The van der Waals surface area contributed by atoms with Crippen LogP contribution >= 0.6 is 0 Å². The number of nitrogens with zero attached hydrogens (tertiary/aromatic N) is 2. The zero-order chi connectivity index (χ0) is 15.9. The summed E-state index contributed by atoms with van der Waals surface area (Å²) >= 11 is 0. The van der Waals surface area contributed by atoms with Crippen molar-refractivity contribution in [3.05, 3.63) is 24.3 Å². The van der Waals surface area contributed by atoms with Gasteiger partial charge >= 0.3 is 6.03 Å². The summed E-state index contributed by atoms with van der Waals surface area (Å²) in [5, 5.41) is 2.43. The maximum atomic E-state index is 12.0. The first-order valence-corrected chi connectivity index (χ1v) is 7.30. The topological polar surface area (TPSA) is 87.9 Å². The van der Waals surface area contributed by atoms with Crippen molar-refractivity contribution in [1.82, 2.24) is 10.2 Å². The van der Waals surface area contributed by atoms with Crippen molar-refractivity contribution in [2.45, 2.75) is 6.42 Å². The van der Waals surface area contributed by atoms with Crippen LogP contribution in [0.25, 0.3) is 0 Å². The Morgan fingerprint density at radius 3 is 2.36 bits per heavy atom. The molecule has 0 unspecified atom stereocenters. The van der Waals surface area contributed by atoms with Crippen LogP contribution < -0.4 is 20.7 Å². The van der Waals surface area contributed by atoms with Gasteiger partial charge in [-0.2, -0.15) is 0 Å². The van der Waals surface area contributed by atoms with Gasteiger partial charge in [0.15, 0.2) is 0 Å². The molecule has 0 aromatic heterocycles. The second kappa shape index (κ2) is 7.53. The van der Waals surface area contributed by atoms with Crippen LogP contribution in [0.15, 0.2) is 24.3 Å². The first kappa shape index (κ1) is 15.9. The maximum absolute atomic E-state index is 12.0. The molecule has 0 aliphatic carbocycles. The molecular formula is C15H22N4O3. The number of benzene rings is 1. The Morgan fingerprint density at radius 2 is 1.82 bits per heavy atom. The molecule has 0 saturated carbocycles. The molecule has 22 heavy (non-hydrogen) atoms. The largest absolute Gasteiger partial charge is 0.497 e. The number of anilines is 1. The smallest absolute Gasteiger partial charge is 0.312 e. The van der Waals surface area contributed by atoms with Crippen LogP contribution in [0.4, 0.5) is 10.5 Å². The molecule has 1 fully saturated rings. The Hall–Kier alpha value is -2.44. The fourth-order valence-corrected chi connectivity index (χ4v) is 2.46. The van der Waals surface area contributed by atoms with Gasteiger partial charge in [0.1, 0.15) is 5.75 Å². The van der Waals surface area contributed by atoms with Gasteiger partial charge in [0.25, 0.3) is 0 Å². The lowest BCUT2D eigenvalue weighted by Crippen LogP contribution is -2.49. The number of nitrogens with two attached hydrogens (primary N) is 1. The van der Waals surface area contributed by atoms with Gasteiger partial charge in [-0.05, 0) is 24.3 Å². The van der Waals surface area contributed by atoms with E-state index in [0.29, 0.717) is 13.1 Å². The van der Waals surface area contributed by atoms with Gasteiger partial charge in [-0.25, -0.2) is 4.79 Å². The van der Waals surface area contributed by atoms with Gasteiger partial charge < -0.3 is 25.6 Å². The number of carbonyl (C=O) groups excluding carboxylic acids is 2. The van der Waals surface area contributed by atoms with E-state index in [9.17, 15) is 9.59 Å². The summed E-state index contributed by atoms with van der Waals surface area (Å²) in [6.07, 6.45) is 0.283. The zero-order valence-corrected chi connectivity index (χ0v) is 12.7. The van der Waals surface area contributed by atoms with E-state index < -0.39 is 6.03 Å². The number of carbonyl (C=O) groups is 2. The number of piperazine rings is 1. The molecule has 0 bridgehead atoms. The van der Waals surface area contributed by atoms with Gasteiger partial charge in [0.05, 0.1) is 7.11 Å². The first-order chi connectivity index (χ1) is 10.6. The van der Waals surface area contributed by atoms with Crippen molar-refractivity contribution in [1.29, 1.82) is 0 Å². The van der Waals surface area contributed by atoms with Gasteiger partial charge in [-0.15, -0.1) is 0 Å². The molecule has 0 atom stereocenters. The highest BCUT2D eigenvalue weighted by Gasteiger charge is 2.20. The molecule has 1 saturated heterocycles. The van der Waals surface area contributed by atoms with E-state index in [1.165, 1.54) is 0 Å². The highest BCUT2D eigenvalue weighted by Crippen LogP contribution is 2.20. The summed E-state index contributed by atoms with van der Waals surface area (Å²) in [6.45, 7) is 3.23. The molecular weight excluding hydrogens is 284 g/mol. The summed E-state index contributed by atoms with van der Waals surface area (Å²) in [6, 6.07) is 7.31. The molecule has 2 rings (SSSR count). The molecule has 7 heteroatoms. The van der Waals surface area contributed by atoms with Crippen LogP contribution in [-0.4, -0.2) is 56.7 Å². The standard InChI is InChI=1S/C15H22N4O3/c1-22-13-4-2-12(3-5-13)18-8-10-19(11-9-18)14(20)6-7-17-15(16)21/h2-5H,6-11H2,1H3,(H3,16,17,21). The Morgan fingerprint density at radius 1 is 1.18 bits per heavy atom. The summed E-state index contributed by atoms with van der Waals surface area (Å²) in [5.74, 6) is 0.877. The predicted octanol–water partition coefficient (Wildman–Crippen LogP) is 0.402. The molecule has 7 nitrogen and oxygen atoms in total. The minimum absolute atomic E-state index is 0.0446. The van der Waals surface area contributed by atoms with Crippen molar-refractivity contribution >= 4 is 17.6 Å². The highest BCUT2D eigenvalue weighted by atomic mass is 16.5. The number of urea groups is 1. The average Bonchev–Trinajstić information content (AvgIpc) is 2.54.